The fraction of sp³-hybridized carbons (Fsp3) is 0.778. The molecule has 0 saturated heterocycles. The summed E-state index contributed by atoms with van der Waals surface area (Å²) in [7, 11) is -5.51. The Labute approximate surface area is 93.4 Å². The van der Waals surface area contributed by atoms with E-state index in [0.29, 0.717) is 6.42 Å². The molecule has 3 nitrogen and oxygen atoms in total. The highest BCUT2D eigenvalue weighted by Gasteiger charge is 2.48. The Morgan fingerprint density at radius 1 is 1.31 bits per heavy atom. The van der Waals surface area contributed by atoms with E-state index in [1.807, 2.05) is 6.92 Å². The molecule has 16 heavy (non-hydrogen) atoms. The van der Waals surface area contributed by atoms with Crippen LogP contribution in [0.2, 0.25) is 0 Å². The van der Waals surface area contributed by atoms with Crippen LogP contribution in [0.4, 0.5) is 13.2 Å². The summed E-state index contributed by atoms with van der Waals surface area (Å²) in [6.45, 7) is 3.37. The van der Waals surface area contributed by atoms with Crippen molar-refractivity contribution in [3.05, 3.63) is 11.8 Å². The monoisotopic (exact) mass is 260 g/mol. The van der Waals surface area contributed by atoms with Crippen LogP contribution in [-0.4, -0.2) is 13.9 Å². The van der Waals surface area contributed by atoms with Crippen molar-refractivity contribution in [1.29, 1.82) is 0 Å². The fourth-order valence-electron chi connectivity index (χ4n) is 0.972. The number of hydrogen-bond acceptors (Lipinski definition) is 3. The highest BCUT2D eigenvalue weighted by atomic mass is 32.2. The Kier molecular flexibility index (Phi) is 5.85. The van der Waals surface area contributed by atoms with E-state index in [-0.39, 0.29) is 12.2 Å². The molecule has 0 aliphatic carbocycles. The van der Waals surface area contributed by atoms with E-state index < -0.39 is 15.6 Å². The highest BCUT2D eigenvalue weighted by Crippen LogP contribution is 2.27. The molecule has 0 rings (SSSR count). The van der Waals surface area contributed by atoms with Crippen molar-refractivity contribution >= 4 is 10.1 Å². The molecule has 0 saturated carbocycles. The van der Waals surface area contributed by atoms with Crippen molar-refractivity contribution < 1.29 is 25.8 Å². The van der Waals surface area contributed by atoms with Gasteiger partial charge in [-0.15, -0.1) is 0 Å². The number of halogens is 3. The lowest BCUT2D eigenvalue weighted by Crippen LogP contribution is -2.25. The van der Waals surface area contributed by atoms with Crippen molar-refractivity contribution in [1.82, 2.24) is 0 Å². The molecule has 0 radical (unpaired) electrons. The van der Waals surface area contributed by atoms with Crippen molar-refractivity contribution in [3.63, 3.8) is 0 Å². The molecule has 0 bridgehead atoms. The maximum absolute atomic E-state index is 12.0. The Morgan fingerprint density at radius 3 is 2.25 bits per heavy atom. The molecule has 0 aromatic rings. The lowest BCUT2D eigenvalue weighted by Gasteiger charge is -2.11. The first kappa shape index (κ1) is 15.3. The number of unbranched alkanes of at least 4 members (excludes halogenated alkanes) is 2. The SMILES string of the molecule is C/C=C(/CCCCC)OS(=O)(=O)C(F)(F)F. The Hall–Kier alpha value is -0.720. The van der Waals surface area contributed by atoms with Gasteiger partial charge in [0.25, 0.3) is 0 Å². The minimum absolute atomic E-state index is 0.161. The average Bonchev–Trinajstić information content (AvgIpc) is 2.14. The minimum Gasteiger partial charge on any atom is -0.381 e. The second kappa shape index (κ2) is 6.12. The van der Waals surface area contributed by atoms with E-state index in [1.54, 1.807) is 0 Å². The molecule has 0 N–H and O–H groups in total. The first-order valence-corrected chi connectivity index (χ1v) is 6.31. The molecule has 0 aromatic heterocycles. The van der Waals surface area contributed by atoms with Gasteiger partial charge in [-0.1, -0.05) is 19.8 Å². The third-order valence-corrected chi connectivity index (χ3v) is 2.85. The third kappa shape index (κ3) is 4.87. The molecule has 96 valence electrons. The van der Waals surface area contributed by atoms with E-state index in [1.165, 1.54) is 13.0 Å². The standard InChI is InChI=1S/C9H15F3O3S/c1-3-5-6-7-8(4-2)15-16(13,14)9(10,11)12/h4H,3,5-7H2,1-2H3/b8-4-. The Morgan fingerprint density at radius 2 is 1.88 bits per heavy atom. The zero-order valence-corrected chi connectivity index (χ0v) is 9.99. The number of rotatable bonds is 6. The molecule has 0 spiro atoms. The van der Waals surface area contributed by atoms with E-state index in [0.717, 1.165) is 12.8 Å². The molecule has 0 aliphatic rings. The molecular weight excluding hydrogens is 245 g/mol. The normalized spacial score (nSPS) is 13.9. The fourth-order valence-corrected chi connectivity index (χ4v) is 1.53. The number of hydrogen-bond donors (Lipinski definition) is 0. The van der Waals surface area contributed by atoms with Crippen LogP contribution in [0, 0.1) is 0 Å². The van der Waals surface area contributed by atoms with Gasteiger partial charge in [0.1, 0.15) is 5.76 Å². The second-order valence-electron chi connectivity index (χ2n) is 3.20. The average molecular weight is 260 g/mol. The molecule has 0 heterocycles. The number of alkyl halides is 3. The van der Waals surface area contributed by atoms with Crippen LogP contribution in [-0.2, 0) is 14.3 Å². The molecule has 0 aromatic carbocycles. The summed E-state index contributed by atoms with van der Waals surface area (Å²) in [6.07, 6.45) is 3.73. The van der Waals surface area contributed by atoms with Gasteiger partial charge >= 0.3 is 15.6 Å². The third-order valence-electron chi connectivity index (χ3n) is 1.85. The highest BCUT2D eigenvalue weighted by molar-refractivity contribution is 7.87. The molecular formula is C9H15F3O3S. The van der Waals surface area contributed by atoms with Crippen LogP contribution < -0.4 is 0 Å². The summed E-state index contributed by atoms with van der Waals surface area (Å²) in [4.78, 5) is 0. The first-order valence-electron chi connectivity index (χ1n) is 4.90. The van der Waals surface area contributed by atoms with Crippen molar-refractivity contribution in [2.45, 2.75) is 45.0 Å². The molecule has 0 amide bonds. The van der Waals surface area contributed by atoms with Gasteiger partial charge in [-0.25, -0.2) is 0 Å². The molecule has 7 heteroatoms. The lowest BCUT2D eigenvalue weighted by atomic mass is 10.2. The minimum atomic E-state index is -5.51. The summed E-state index contributed by atoms with van der Waals surface area (Å²) in [5, 5.41) is 0. The molecule has 0 aliphatic heterocycles. The zero-order chi connectivity index (χ0) is 12.8. The number of allylic oxidation sites excluding steroid dienone is 2. The van der Waals surface area contributed by atoms with Crippen LogP contribution in [0.25, 0.3) is 0 Å². The second-order valence-corrected chi connectivity index (χ2v) is 4.73. The van der Waals surface area contributed by atoms with E-state index in [9.17, 15) is 21.6 Å². The van der Waals surface area contributed by atoms with E-state index >= 15 is 0 Å². The summed E-state index contributed by atoms with van der Waals surface area (Å²) < 4.78 is 61.3. The largest absolute Gasteiger partial charge is 0.534 e. The van der Waals surface area contributed by atoms with Gasteiger partial charge in [0.15, 0.2) is 0 Å². The van der Waals surface area contributed by atoms with Gasteiger partial charge in [-0.05, 0) is 19.4 Å². The van der Waals surface area contributed by atoms with Crippen LogP contribution in [0.1, 0.15) is 39.5 Å². The van der Waals surface area contributed by atoms with Crippen LogP contribution in [0.3, 0.4) is 0 Å². The molecule has 0 atom stereocenters. The molecule has 0 unspecified atom stereocenters. The van der Waals surface area contributed by atoms with Crippen LogP contribution in [0.5, 0.6) is 0 Å². The van der Waals surface area contributed by atoms with Crippen molar-refractivity contribution in [2.75, 3.05) is 0 Å². The van der Waals surface area contributed by atoms with E-state index in [4.69, 9.17) is 0 Å². The van der Waals surface area contributed by atoms with E-state index in [2.05, 4.69) is 4.18 Å². The summed E-state index contributed by atoms with van der Waals surface area (Å²) in [5.41, 5.74) is -5.37. The Balaban J connectivity index is 4.46. The topological polar surface area (TPSA) is 43.4 Å². The van der Waals surface area contributed by atoms with Crippen molar-refractivity contribution in [2.24, 2.45) is 0 Å². The quantitative estimate of drug-likeness (QED) is 0.318. The van der Waals surface area contributed by atoms with Crippen LogP contribution >= 0.6 is 0 Å². The Bertz CT molecular complexity index is 330. The van der Waals surface area contributed by atoms with Gasteiger partial charge in [-0.3, -0.25) is 0 Å². The van der Waals surface area contributed by atoms with Gasteiger partial charge < -0.3 is 4.18 Å². The maximum atomic E-state index is 12.0. The van der Waals surface area contributed by atoms with Crippen LogP contribution in [0.15, 0.2) is 11.8 Å². The van der Waals surface area contributed by atoms with Gasteiger partial charge in [0.05, 0.1) is 0 Å². The first-order chi connectivity index (χ1) is 7.24. The van der Waals surface area contributed by atoms with Crippen molar-refractivity contribution in [3.8, 4) is 0 Å². The zero-order valence-electron chi connectivity index (χ0n) is 9.17. The predicted molar refractivity (Wildman–Crippen MR) is 54.0 cm³/mol. The predicted octanol–water partition coefficient (Wildman–Crippen LogP) is 3.34. The summed E-state index contributed by atoms with van der Waals surface area (Å²) in [5.74, 6) is -0.161. The molecule has 0 fully saturated rings. The van der Waals surface area contributed by atoms with Gasteiger partial charge in [0, 0.05) is 6.42 Å². The smallest absolute Gasteiger partial charge is 0.381 e. The maximum Gasteiger partial charge on any atom is 0.534 e. The van der Waals surface area contributed by atoms with Gasteiger partial charge in [-0.2, -0.15) is 21.6 Å². The summed E-state index contributed by atoms with van der Waals surface area (Å²) >= 11 is 0. The lowest BCUT2D eigenvalue weighted by molar-refractivity contribution is -0.0523. The van der Waals surface area contributed by atoms with Gasteiger partial charge in [0.2, 0.25) is 0 Å². The summed E-state index contributed by atoms with van der Waals surface area (Å²) in [6, 6.07) is 0.